The first-order valence-corrected chi connectivity index (χ1v) is 7.26. The van der Waals surface area contributed by atoms with Gasteiger partial charge in [-0.3, -0.25) is 4.79 Å². The van der Waals surface area contributed by atoms with Gasteiger partial charge in [0, 0.05) is 31.6 Å². The minimum absolute atomic E-state index is 0.0495. The van der Waals surface area contributed by atoms with Gasteiger partial charge >= 0.3 is 0 Å². The first kappa shape index (κ1) is 13.9. The summed E-state index contributed by atoms with van der Waals surface area (Å²) in [6.45, 7) is 7.44. The van der Waals surface area contributed by atoms with E-state index in [2.05, 4.69) is 25.8 Å². The predicted octanol–water partition coefficient (Wildman–Crippen LogP) is 2.51. The van der Waals surface area contributed by atoms with E-state index in [0.717, 1.165) is 23.8 Å². The van der Waals surface area contributed by atoms with Crippen LogP contribution in [-0.2, 0) is 25.4 Å². The highest BCUT2D eigenvalue weighted by atomic mass is 16.4. The summed E-state index contributed by atoms with van der Waals surface area (Å²) >= 11 is 0. The first-order valence-electron chi connectivity index (χ1n) is 7.26. The highest BCUT2D eigenvalue weighted by Crippen LogP contribution is 2.27. The summed E-state index contributed by atoms with van der Waals surface area (Å²) in [4.78, 5) is 19.0. The number of carbonyl (C=O) groups is 1. The number of aryl methyl sites for hydroxylation is 1. The second-order valence-corrected chi connectivity index (χ2v) is 6.62. The molecule has 0 N–H and O–H groups in total. The molecule has 0 bridgehead atoms. The summed E-state index contributed by atoms with van der Waals surface area (Å²) in [5, 5.41) is 0. The standard InChI is InChI=1S/C16H21N3O2/c1-16(2,3)15-17-11-10-19(9-7-13(11)21-15)14(20)12-6-5-8-18(12)4/h5-6,8H,7,9-10H2,1-4H3. The number of carbonyl (C=O) groups excluding carboxylic acids is 1. The van der Waals surface area contributed by atoms with Gasteiger partial charge in [0.05, 0.1) is 6.54 Å². The molecule has 0 saturated heterocycles. The molecule has 112 valence electrons. The highest BCUT2D eigenvalue weighted by Gasteiger charge is 2.29. The second kappa shape index (κ2) is 4.76. The van der Waals surface area contributed by atoms with Gasteiger partial charge in [-0.1, -0.05) is 20.8 Å². The van der Waals surface area contributed by atoms with Crippen LogP contribution >= 0.6 is 0 Å². The van der Waals surface area contributed by atoms with Crippen molar-refractivity contribution >= 4 is 5.91 Å². The molecule has 3 heterocycles. The van der Waals surface area contributed by atoms with Crippen molar-refractivity contribution in [3.63, 3.8) is 0 Å². The van der Waals surface area contributed by atoms with Gasteiger partial charge in [0.15, 0.2) is 5.89 Å². The Bertz CT molecular complexity index is 676. The van der Waals surface area contributed by atoms with Gasteiger partial charge in [-0.05, 0) is 12.1 Å². The fourth-order valence-corrected chi connectivity index (χ4v) is 2.54. The van der Waals surface area contributed by atoms with E-state index in [0.29, 0.717) is 18.8 Å². The Kier molecular flexibility index (Phi) is 3.15. The Morgan fingerprint density at radius 2 is 2.14 bits per heavy atom. The maximum absolute atomic E-state index is 12.5. The number of amides is 1. The van der Waals surface area contributed by atoms with Crippen molar-refractivity contribution in [2.24, 2.45) is 7.05 Å². The molecule has 1 aliphatic heterocycles. The van der Waals surface area contributed by atoms with Crippen LogP contribution in [0.2, 0.25) is 0 Å². The van der Waals surface area contributed by atoms with Gasteiger partial charge < -0.3 is 13.9 Å². The second-order valence-electron chi connectivity index (χ2n) is 6.62. The highest BCUT2D eigenvalue weighted by molar-refractivity contribution is 5.92. The fourth-order valence-electron chi connectivity index (χ4n) is 2.54. The molecule has 0 saturated carbocycles. The topological polar surface area (TPSA) is 51.3 Å². The molecule has 2 aromatic rings. The Balaban J connectivity index is 1.83. The fraction of sp³-hybridized carbons (Fsp3) is 0.500. The number of hydrogen-bond donors (Lipinski definition) is 0. The van der Waals surface area contributed by atoms with Crippen LogP contribution < -0.4 is 0 Å². The van der Waals surface area contributed by atoms with E-state index < -0.39 is 0 Å². The Labute approximate surface area is 124 Å². The molecule has 1 aliphatic rings. The molecule has 0 spiro atoms. The maximum Gasteiger partial charge on any atom is 0.270 e. The molecule has 0 aliphatic carbocycles. The summed E-state index contributed by atoms with van der Waals surface area (Å²) in [6.07, 6.45) is 2.62. The van der Waals surface area contributed by atoms with E-state index in [1.54, 1.807) is 0 Å². The van der Waals surface area contributed by atoms with Gasteiger partial charge in [0.1, 0.15) is 17.1 Å². The van der Waals surface area contributed by atoms with Crippen molar-refractivity contribution < 1.29 is 9.21 Å². The first-order chi connectivity index (χ1) is 9.86. The zero-order chi connectivity index (χ0) is 15.2. The molecule has 1 amide bonds. The van der Waals surface area contributed by atoms with Crippen LogP contribution in [0.15, 0.2) is 22.7 Å². The van der Waals surface area contributed by atoms with Gasteiger partial charge in [-0.15, -0.1) is 0 Å². The van der Waals surface area contributed by atoms with Gasteiger partial charge in [0.2, 0.25) is 0 Å². The summed E-state index contributed by atoms with van der Waals surface area (Å²) in [7, 11) is 1.89. The lowest BCUT2D eigenvalue weighted by molar-refractivity contribution is 0.0718. The molecular formula is C16H21N3O2. The molecule has 3 rings (SSSR count). The normalized spacial score (nSPS) is 15.1. The van der Waals surface area contributed by atoms with Crippen molar-refractivity contribution in [1.29, 1.82) is 0 Å². The van der Waals surface area contributed by atoms with Gasteiger partial charge in [-0.2, -0.15) is 0 Å². The molecule has 0 atom stereocenters. The number of hydrogen-bond acceptors (Lipinski definition) is 3. The summed E-state index contributed by atoms with van der Waals surface area (Å²) in [5.41, 5.74) is 1.50. The summed E-state index contributed by atoms with van der Waals surface area (Å²) in [6, 6.07) is 3.73. The van der Waals surface area contributed by atoms with Crippen molar-refractivity contribution in [2.75, 3.05) is 6.54 Å². The summed E-state index contributed by atoms with van der Waals surface area (Å²) in [5.74, 6) is 1.73. The molecule has 21 heavy (non-hydrogen) atoms. The third kappa shape index (κ3) is 2.48. The molecule has 5 heteroatoms. The van der Waals surface area contributed by atoms with E-state index in [1.165, 1.54) is 0 Å². The van der Waals surface area contributed by atoms with E-state index in [-0.39, 0.29) is 11.3 Å². The Morgan fingerprint density at radius 1 is 1.38 bits per heavy atom. The number of aromatic nitrogens is 2. The van der Waals surface area contributed by atoms with Gasteiger partial charge in [-0.25, -0.2) is 4.98 Å². The van der Waals surface area contributed by atoms with Crippen molar-refractivity contribution in [2.45, 2.75) is 39.2 Å². The van der Waals surface area contributed by atoms with Crippen LogP contribution in [0.4, 0.5) is 0 Å². The minimum atomic E-state index is -0.107. The van der Waals surface area contributed by atoms with Crippen LogP contribution in [-0.4, -0.2) is 26.9 Å². The lowest BCUT2D eigenvalue weighted by Gasteiger charge is -2.25. The number of oxazole rings is 1. The van der Waals surface area contributed by atoms with Crippen molar-refractivity contribution in [3.8, 4) is 0 Å². The smallest absolute Gasteiger partial charge is 0.270 e. The number of fused-ring (bicyclic) bond motifs is 1. The number of nitrogens with zero attached hydrogens (tertiary/aromatic N) is 3. The lowest BCUT2D eigenvalue weighted by atomic mass is 9.97. The zero-order valence-electron chi connectivity index (χ0n) is 13.0. The lowest BCUT2D eigenvalue weighted by Crippen LogP contribution is -2.36. The molecule has 0 unspecified atom stereocenters. The van der Waals surface area contributed by atoms with Crippen LogP contribution in [0.3, 0.4) is 0 Å². The quantitative estimate of drug-likeness (QED) is 0.810. The van der Waals surface area contributed by atoms with E-state index in [4.69, 9.17) is 4.42 Å². The van der Waals surface area contributed by atoms with Crippen LogP contribution in [0.5, 0.6) is 0 Å². The van der Waals surface area contributed by atoms with E-state index >= 15 is 0 Å². The molecule has 5 nitrogen and oxygen atoms in total. The van der Waals surface area contributed by atoms with Crippen LogP contribution in [0.1, 0.15) is 48.6 Å². The SMILES string of the molecule is Cn1cccc1C(=O)N1CCc2oc(C(C)(C)C)nc2C1. The number of rotatable bonds is 1. The molecule has 0 fully saturated rings. The van der Waals surface area contributed by atoms with Crippen LogP contribution in [0, 0.1) is 0 Å². The Morgan fingerprint density at radius 3 is 2.76 bits per heavy atom. The van der Waals surface area contributed by atoms with Crippen LogP contribution in [0.25, 0.3) is 0 Å². The van der Waals surface area contributed by atoms with Crippen molar-refractivity contribution in [1.82, 2.24) is 14.5 Å². The molecule has 0 radical (unpaired) electrons. The molecule has 0 aromatic carbocycles. The molecular weight excluding hydrogens is 266 g/mol. The van der Waals surface area contributed by atoms with Crippen molar-refractivity contribution in [3.05, 3.63) is 41.4 Å². The monoisotopic (exact) mass is 287 g/mol. The third-order valence-corrected chi connectivity index (χ3v) is 3.82. The molecule has 2 aromatic heterocycles. The zero-order valence-corrected chi connectivity index (χ0v) is 13.0. The average Bonchev–Trinajstić information content (AvgIpc) is 3.02. The summed E-state index contributed by atoms with van der Waals surface area (Å²) < 4.78 is 7.71. The Hall–Kier alpha value is -2.04. The average molecular weight is 287 g/mol. The predicted molar refractivity (Wildman–Crippen MR) is 79.1 cm³/mol. The third-order valence-electron chi connectivity index (χ3n) is 3.82. The van der Waals surface area contributed by atoms with Gasteiger partial charge in [0.25, 0.3) is 5.91 Å². The minimum Gasteiger partial charge on any atom is -0.445 e. The largest absolute Gasteiger partial charge is 0.445 e. The van der Waals surface area contributed by atoms with E-state index in [9.17, 15) is 4.79 Å². The maximum atomic E-state index is 12.5. The van der Waals surface area contributed by atoms with E-state index in [1.807, 2.05) is 34.8 Å².